The standard InChI is InChI=1S/C16H16N2O2/c1-10-3-8-13-14(10)15(18-9-17-13)11-4-6-12(7-5-11)16(19)20-2/h4-7,9-10H,3,8H2,1-2H3/t10-/m1/s1. The highest BCUT2D eigenvalue weighted by atomic mass is 16.5. The van der Waals surface area contributed by atoms with Crippen molar-refractivity contribution in [3.63, 3.8) is 0 Å². The summed E-state index contributed by atoms with van der Waals surface area (Å²) in [7, 11) is 1.38. The summed E-state index contributed by atoms with van der Waals surface area (Å²) in [4.78, 5) is 20.3. The Morgan fingerprint density at radius 3 is 2.70 bits per heavy atom. The first-order chi connectivity index (χ1) is 9.70. The molecule has 0 N–H and O–H groups in total. The van der Waals surface area contributed by atoms with Gasteiger partial charge in [0.1, 0.15) is 6.33 Å². The molecule has 0 saturated carbocycles. The van der Waals surface area contributed by atoms with Crippen LogP contribution in [0.3, 0.4) is 0 Å². The number of fused-ring (bicyclic) bond motifs is 1. The fraction of sp³-hybridized carbons (Fsp3) is 0.312. The molecule has 20 heavy (non-hydrogen) atoms. The van der Waals surface area contributed by atoms with Crippen LogP contribution in [0.4, 0.5) is 0 Å². The summed E-state index contributed by atoms with van der Waals surface area (Å²) in [6, 6.07) is 7.38. The summed E-state index contributed by atoms with van der Waals surface area (Å²) < 4.78 is 4.71. The van der Waals surface area contributed by atoms with Crippen LogP contribution in [0.5, 0.6) is 0 Å². The van der Waals surface area contributed by atoms with Crippen molar-refractivity contribution in [1.82, 2.24) is 9.97 Å². The summed E-state index contributed by atoms with van der Waals surface area (Å²) in [6.07, 6.45) is 3.77. The van der Waals surface area contributed by atoms with Gasteiger partial charge in [0.05, 0.1) is 18.4 Å². The third-order valence-corrected chi connectivity index (χ3v) is 3.85. The second kappa shape index (κ2) is 5.04. The van der Waals surface area contributed by atoms with E-state index in [1.165, 1.54) is 12.7 Å². The van der Waals surface area contributed by atoms with Crippen LogP contribution in [0.25, 0.3) is 11.3 Å². The number of aromatic nitrogens is 2. The molecule has 1 aliphatic rings. The molecule has 3 rings (SSSR count). The van der Waals surface area contributed by atoms with E-state index in [0.717, 1.165) is 29.8 Å². The predicted octanol–water partition coefficient (Wildman–Crippen LogP) is 2.98. The van der Waals surface area contributed by atoms with Crippen molar-refractivity contribution < 1.29 is 9.53 Å². The predicted molar refractivity (Wildman–Crippen MR) is 75.5 cm³/mol. The minimum Gasteiger partial charge on any atom is -0.465 e. The van der Waals surface area contributed by atoms with Crippen molar-refractivity contribution >= 4 is 5.97 Å². The number of nitrogens with zero attached hydrogens (tertiary/aromatic N) is 2. The maximum absolute atomic E-state index is 11.5. The molecule has 0 amide bonds. The number of methoxy groups -OCH3 is 1. The Balaban J connectivity index is 2.02. The number of aryl methyl sites for hydroxylation is 1. The van der Waals surface area contributed by atoms with Gasteiger partial charge in [0, 0.05) is 16.8 Å². The zero-order valence-electron chi connectivity index (χ0n) is 11.6. The number of carbonyl (C=O) groups excluding carboxylic acids is 1. The maximum Gasteiger partial charge on any atom is 0.337 e. The summed E-state index contributed by atoms with van der Waals surface area (Å²) in [6.45, 7) is 2.21. The van der Waals surface area contributed by atoms with Crippen LogP contribution in [-0.2, 0) is 11.2 Å². The minimum absolute atomic E-state index is 0.321. The molecule has 2 aromatic rings. The lowest BCUT2D eigenvalue weighted by Gasteiger charge is -2.10. The maximum atomic E-state index is 11.5. The summed E-state index contributed by atoms with van der Waals surface area (Å²) >= 11 is 0. The monoisotopic (exact) mass is 268 g/mol. The van der Waals surface area contributed by atoms with Crippen molar-refractivity contribution in [1.29, 1.82) is 0 Å². The first kappa shape index (κ1) is 12.8. The molecule has 1 aliphatic carbocycles. The zero-order chi connectivity index (χ0) is 14.1. The van der Waals surface area contributed by atoms with Gasteiger partial charge in [0.15, 0.2) is 0 Å². The van der Waals surface area contributed by atoms with Gasteiger partial charge in [-0.2, -0.15) is 0 Å². The smallest absolute Gasteiger partial charge is 0.337 e. The third kappa shape index (κ3) is 2.07. The second-order valence-electron chi connectivity index (χ2n) is 5.09. The largest absolute Gasteiger partial charge is 0.465 e. The van der Waals surface area contributed by atoms with E-state index in [1.807, 2.05) is 12.1 Å². The Bertz CT molecular complexity index is 650. The number of ether oxygens (including phenoxy) is 1. The Hall–Kier alpha value is -2.23. The Morgan fingerprint density at radius 2 is 2.00 bits per heavy atom. The van der Waals surface area contributed by atoms with E-state index in [4.69, 9.17) is 4.74 Å². The third-order valence-electron chi connectivity index (χ3n) is 3.85. The normalized spacial score (nSPS) is 16.8. The molecule has 0 spiro atoms. The molecule has 1 aromatic heterocycles. The van der Waals surface area contributed by atoms with Gasteiger partial charge in [0.25, 0.3) is 0 Å². The van der Waals surface area contributed by atoms with Gasteiger partial charge in [-0.25, -0.2) is 14.8 Å². The van der Waals surface area contributed by atoms with Crippen LogP contribution in [0, 0.1) is 0 Å². The van der Waals surface area contributed by atoms with E-state index in [2.05, 4.69) is 16.9 Å². The van der Waals surface area contributed by atoms with Crippen LogP contribution in [0.2, 0.25) is 0 Å². The lowest BCUT2D eigenvalue weighted by atomic mass is 9.98. The second-order valence-corrected chi connectivity index (χ2v) is 5.09. The van der Waals surface area contributed by atoms with Gasteiger partial charge in [0.2, 0.25) is 0 Å². The van der Waals surface area contributed by atoms with Gasteiger partial charge >= 0.3 is 5.97 Å². The lowest BCUT2D eigenvalue weighted by Crippen LogP contribution is -2.01. The number of esters is 1. The molecule has 1 heterocycles. The number of benzene rings is 1. The molecule has 0 fully saturated rings. The van der Waals surface area contributed by atoms with E-state index in [-0.39, 0.29) is 5.97 Å². The Kier molecular flexibility index (Phi) is 3.22. The zero-order valence-corrected chi connectivity index (χ0v) is 11.6. The highest BCUT2D eigenvalue weighted by Crippen LogP contribution is 2.37. The van der Waals surface area contributed by atoms with Gasteiger partial charge in [-0.1, -0.05) is 19.1 Å². The van der Waals surface area contributed by atoms with Crippen molar-refractivity contribution in [2.75, 3.05) is 7.11 Å². The summed E-state index contributed by atoms with van der Waals surface area (Å²) in [5, 5.41) is 0. The molecule has 0 unspecified atom stereocenters. The molecule has 4 nitrogen and oxygen atoms in total. The average molecular weight is 268 g/mol. The fourth-order valence-corrected chi connectivity index (χ4v) is 2.76. The number of hydrogen-bond acceptors (Lipinski definition) is 4. The van der Waals surface area contributed by atoms with Crippen molar-refractivity contribution in [3.8, 4) is 11.3 Å². The quantitative estimate of drug-likeness (QED) is 0.786. The summed E-state index contributed by atoms with van der Waals surface area (Å²) in [5.74, 6) is 0.166. The fourth-order valence-electron chi connectivity index (χ4n) is 2.76. The number of carbonyl (C=O) groups is 1. The Labute approximate surface area is 117 Å². The van der Waals surface area contributed by atoms with E-state index >= 15 is 0 Å². The van der Waals surface area contributed by atoms with Crippen LogP contribution in [0.15, 0.2) is 30.6 Å². The molecule has 0 bridgehead atoms. The van der Waals surface area contributed by atoms with E-state index in [9.17, 15) is 4.79 Å². The molecule has 1 atom stereocenters. The van der Waals surface area contributed by atoms with Crippen molar-refractivity contribution in [2.24, 2.45) is 0 Å². The molecule has 0 aliphatic heterocycles. The first-order valence-corrected chi connectivity index (χ1v) is 6.73. The molecular formula is C16H16N2O2. The van der Waals surface area contributed by atoms with Crippen molar-refractivity contribution in [3.05, 3.63) is 47.4 Å². The van der Waals surface area contributed by atoms with E-state index in [0.29, 0.717) is 11.5 Å². The highest BCUT2D eigenvalue weighted by Gasteiger charge is 2.24. The average Bonchev–Trinajstić information content (AvgIpc) is 2.88. The minimum atomic E-state index is -0.321. The summed E-state index contributed by atoms with van der Waals surface area (Å²) in [5.41, 5.74) is 4.95. The first-order valence-electron chi connectivity index (χ1n) is 6.73. The van der Waals surface area contributed by atoms with Crippen LogP contribution in [0.1, 0.15) is 40.9 Å². The Morgan fingerprint density at radius 1 is 1.25 bits per heavy atom. The molecule has 1 aromatic carbocycles. The highest BCUT2D eigenvalue weighted by molar-refractivity contribution is 5.89. The van der Waals surface area contributed by atoms with Crippen LogP contribution < -0.4 is 0 Å². The topological polar surface area (TPSA) is 52.1 Å². The van der Waals surface area contributed by atoms with Gasteiger partial charge < -0.3 is 4.74 Å². The molecular weight excluding hydrogens is 252 g/mol. The molecule has 4 heteroatoms. The molecule has 0 saturated heterocycles. The number of rotatable bonds is 2. The lowest BCUT2D eigenvalue weighted by molar-refractivity contribution is 0.0601. The molecule has 0 radical (unpaired) electrons. The number of hydrogen-bond donors (Lipinski definition) is 0. The van der Waals surface area contributed by atoms with Crippen molar-refractivity contribution in [2.45, 2.75) is 25.7 Å². The SMILES string of the molecule is COC(=O)c1ccc(-c2ncnc3c2[C@H](C)CC3)cc1. The van der Waals surface area contributed by atoms with Crippen LogP contribution in [-0.4, -0.2) is 23.0 Å². The van der Waals surface area contributed by atoms with E-state index in [1.54, 1.807) is 18.5 Å². The van der Waals surface area contributed by atoms with Crippen LogP contribution >= 0.6 is 0 Å². The van der Waals surface area contributed by atoms with Gasteiger partial charge in [-0.3, -0.25) is 0 Å². The molecule has 102 valence electrons. The van der Waals surface area contributed by atoms with Gasteiger partial charge in [-0.15, -0.1) is 0 Å². The van der Waals surface area contributed by atoms with Gasteiger partial charge in [-0.05, 0) is 30.9 Å². The van der Waals surface area contributed by atoms with E-state index < -0.39 is 0 Å².